The van der Waals surface area contributed by atoms with Crippen molar-refractivity contribution in [1.82, 2.24) is 52.2 Å². The number of rotatable bonds is 34. The van der Waals surface area contributed by atoms with E-state index >= 15 is 0 Å². The highest BCUT2D eigenvalue weighted by Gasteiger charge is 2.35. The molecule has 0 aliphatic carbocycles. The Balaban J connectivity index is 0.00000507. The molecule has 6 atom stereocenters. The van der Waals surface area contributed by atoms with Gasteiger partial charge < -0.3 is 58.4 Å². The van der Waals surface area contributed by atoms with E-state index in [2.05, 4.69) is 88.5 Å². The number of thiol groups is 1. The predicted molar refractivity (Wildman–Crippen MR) is 297 cm³/mol. The lowest BCUT2D eigenvalue weighted by Gasteiger charge is -2.30. The highest BCUT2D eigenvalue weighted by Crippen LogP contribution is 2.20. The third kappa shape index (κ3) is 23.8. The number of carbonyl (C=O) groups is 7. The number of nitrogens with two attached hydrogens (primary N) is 2. The van der Waals surface area contributed by atoms with Crippen molar-refractivity contribution in [2.45, 2.75) is 160 Å². The van der Waals surface area contributed by atoms with Gasteiger partial charge in [0.1, 0.15) is 35.9 Å². The molecule has 24 heteroatoms. The average Bonchev–Trinajstić information content (AvgIpc) is 4.08. The molecule has 6 unspecified atom stereocenters. The van der Waals surface area contributed by atoms with Crippen LogP contribution in [-0.4, -0.2) is 134 Å². The molecule has 2 aromatic carbocycles. The van der Waals surface area contributed by atoms with E-state index in [0.717, 1.165) is 22.9 Å². The number of aliphatic imine (C=N–C) groups is 1. The molecule has 4 rings (SSSR count). The zero-order chi connectivity index (χ0) is 56.8. The number of nitrogens with one attached hydrogen (secondary N) is 9. The molecule has 0 saturated heterocycles. The Morgan fingerprint density at radius 3 is 1.88 bits per heavy atom. The van der Waals surface area contributed by atoms with Crippen molar-refractivity contribution in [1.29, 1.82) is 0 Å². The SMILES string of the molecule is CCC.CCCCC(NC(C)(C)OO)C(=O)NC(CS)C(=O)NC(Cc1cnc[nH]1)C(=O)NC(Cc1ccccc1)C(=O)NC(CCCN=C(N)N)C(=O)NC(Cc1c[nH]c2ccccc12)C(=O)NCCCCCC(=O)O. The maximum absolute atomic E-state index is 14.6. The van der Waals surface area contributed by atoms with Crippen LogP contribution in [-0.2, 0) is 57.7 Å². The topological polar surface area (TPSA) is 362 Å². The van der Waals surface area contributed by atoms with Gasteiger partial charge in [-0.25, -0.2) is 15.1 Å². The number of imidazole rings is 1. The molecule has 0 saturated carbocycles. The van der Waals surface area contributed by atoms with E-state index in [9.17, 15) is 38.8 Å². The zero-order valence-corrected chi connectivity index (χ0v) is 45.8. The standard InChI is InChI=1S/C50H73N13O10S.C3H8/c1-4-5-18-37(63-50(2,3)73-72)45(68)62-41(29-74)48(71)61-40(26-33-28-53-30-57-33)47(70)59-38(24-31-15-8-6-9-16-31)46(69)58-36(20-14-23-55-49(51)52)44(67)60-39(43(66)54-22-13-7-10-21-42(64)65)25-32-27-56-35-19-12-11-17-34(32)35;1-3-2/h6,8-9,11-12,15-17,19,27-28,30,36-41,56,63,72,74H,4-5,7,10,13-14,18,20-26,29H2,1-3H3,(H,53,57)(H,54,66)(H,58,69)(H,59,70)(H,60,67)(H,61,71)(H,62,68)(H,64,65)(H4,51,52,55);3H2,1-2H3. The van der Waals surface area contributed by atoms with Gasteiger partial charge in [0, 0.05) is 73.5 Å². The third-order valence-corrected chi connectivity index (χ3v) is 12.3. The van der Waals surface area contributed by atoms with Crippen LogP contribution in [0.25, 0.3) is 10.9 Å². The highest BCUT2D eigenvalue weighted by atomic mass is 32.1. The molecule has 23 nitrogen and oxygen atoms in total. The monoisotopic (exact) mass is 1090 g/mol. The normalized spacial score (nSPS) is 13.5. The van der Waals surface area contributed by atoms with Gasteiger partial charge in [-0.05, 0) is 63.1 Å². The number of guanidine groups is 1. The number of nitrogens with zero attached hydrogens (tertiary/aromatic N) is 2. The molecule has 0 aliphatic heterocycles. The van der Waals surface area contributed by atoms with Crippen LogP contribution in [0.15, 0.2) is 78.3 Å². The number of carboxylic acid groups (broad SMARTS) is 1. The molecule has 6 amide bonds. The lowest BCUT2D eigenvalue weighted by Crippen LogP contribution is -2.61. The fourth-order valence-electron chi connectivity index (χ4n) is 7.98. The van der Waals surface area contributed by atoms with Gasteiger partial charge in [-0.3, -0.25) is 43.9 Å². The Hall–Kier alpha value is -7.02. The third-order valence-electron chi connectivity index (χ3n) is 11.9. The summed E-state index contributed by atoms with van der Waals surface area (Å²) in [6.45, 7) is 9.57. The van der Waals surface area contributed by atoms with Gasteiger partial charge in [-0.1, -0.05) is 95.0 Å². The largest absolute Gasteiger partial charge is 0.481 e. The zero-order valence-electron chi connectivity index (χ0n) is 44.9. The molecule has 0 fully saturated rings. The maximum atomic E-state index is 14.6. The summed E-state index contributed by atoms with van der Waals surface area (Å²) in [7, 11) is 0. The molecule has 15 N–H and O–H groups in total. The van der Waals surface area contributed by atoms with E-state index in [-0.39, 0.29) is 63.3 Å². The lowest BCUT2D eigenvalue weighted by atomic mass is 10.0. The second-order valence-corrected chi connectivity index (χ2v) is 19.5. The second kappa shape index (κ2) is 34.6. The number of unbranched alkanes of at least 4 members (excludes halogenated alkanes) is 3. The second-order valence-electron chi connectivity index (χ2n) is 19.1. The summed E-state index contributed by atoms with van der Waals surface area (Å²) in [5, 5.41) is 38.9. The van der Waals surface area contributed by atoms with Gasteiger partial charge in [0.15, 0.2) is 5.96 Å². The maximum Gasteiger partial charge on any atom is 0.303 e. The van der Waals surface area contributed by atoms with Crippen LogP contribution < -0.4 is 48.7 Å². The summed E-state index contributed by atoms with van der Waals surface area (Å²) in [4.78, 5) is 115. The summed E-state index contributed by atoms with van der Waals surface area (Å²) < 4.78 is 0. The fraction of sp³-hybridized carbons (Fsp3) is 0.528. The van der Waals surface area contributed by atoms with Gasteiger partial charge in [-0.15, -0.1) is 0 Å². The number of carboxylic acids is 1. The van der Waals surface area contributed by atoms with E-state index in [0.29, 0.717) is 43.4 Å². The minimum absolute atomic E-state index is 0.0000434. The molecule has 4 aromatic rings. The van der Waals surface area contributed by atoms with Gasteiger partial charge in [-0.2, -0.15) is 12.6 Å². The van der Waals surface area contributed by atoms with Crippen LogP contribution in [0.4, 0.5) is 0 Å². The Bertz CT molecular complexity index is 2470. The summed E-state index contributed by atoms with van der Waals surface area (Å²) >= 11 is 4.34. The van der Waals surface area contributed by atoms with Gasteiger partial charge in [0.25, 0.3) is 0 Å². The first-order chi connectivity index (χ1) is 36.8. The molecule has 2 heterocycles. The lowest BCUT2D eigenvalue weighted by molar-refractivity contribution is -0.323. The van der Waals surface area contributed by atoms with E-state index in [1.165, 1.54) is 32.8 Å². The first-order valence-corrected chi connectivity index (χ1v) is 26.8. The summed E-state index contributed by atoms with van der Waals surface area (Å²) in [6, 6.07) is 9.08. The van der Waals surface area contributed by atoms with Crippen LogP contribution in [0.2, 0.25) is 0 Å². The average molecular weight is 1090 g/mol. The number of para-hydroxylation sites is 1. The molecule has 2 aromatic heterocycles. The highest BCUT2D eigenvalue weighted by molar-refractivity contribution is 7.80. The quantitative estimate of drug-likeness (QED) is 0.00609. The van der Waals surface area contributed by atoms with Crippen molar-refractivity contribution in [3.63, 3.8) is 0 Å². The van der Waals surface area contributed by atoms with Crippen molar-refractivity contribution in [3.8, 4) is 0 Å². The first kappa shape index (κ1) is 64.3. The van der Waals surface area contributed by atoms with Crippen molar-refractivity contribution < 1.29 is 48.8 Å². The molecule has 0 bridgehead atoms. The minimum atomic E-state index is -1.34. The van der Waals surface area contributed by atoms with E-state index in [1.54, 1.807) is 36.5 Å². The fourth-order valence-corrected chi connectivity index (χ4v) is 8.24. The van der Waals surface area contributed by atoms with Crippen molar-refractivity contribution in [2.24, 2.45) is 16.5 Å². The summed E-state index contributed by atoms with van der Waals surface area (Å²) in [5.74, 6) is -5.35. The van der Waals surface area contributed by atoms with Crippen molar-refractivity contribution >= 4 is 70.9 Å². The molecule has 77 heavy (non-hydrogen) atoms. The Kier molecular flexibility index (Phi) is 28.9. The summed E-state index contributed by atoms with van der Waals surface area (Å²) in [5.41, 5.74) is 12.5. The Labute approximate surface area is 455 Å². The minimum Gasteiger partial charge on any atom is -0.481 e. The smallest absolute Gasteiger partial charge is 0.303 e. The van der Waals surface area contributed by atoms with Crippen LogP contribution >= 0.6 is 12.6 Å². The van der Waals surface area contributed by atoms with Gasteiger partial charge >= 0.3 is 5.97 Å². The number of aromatic nitrogens is 3. The van der Waals surface area contributed by atoms with Crippen molar-refractivity contribution in [3.05, 3.63) is 90.1 Å². The molecule has 0 spiro atoms. The molecule has 0 aliphatic rings. The molecular formula is C53H81N13O10S. The van der Waals surface area contributed by atoms with Crippen LogP contribution in [0.5, 0.6) is 0 Å². The molecular weight excluding hydrogens is 1010 g/mol. The van der Waals surface area contributed by atoms with Crippen LogP contribution in [0.3, 0.4) is 0 Å². The number of amides is 6. The van der Waals surface area contributed by atoms with E-state index in [4.69, 9.17) is 16.6 Å². The van der Waals surface area contributed by atoms with Crippen molar-refractivity contribution in [2.75, 3.05) is 18.8 Å². The number of benzene rings is 2. The summed E-state index contributed by atoms with van der Waals surface area (Å²) in [6.07, 6.45) is 9.21. The number of H-pyrrole nitrogens is 2. The number of fused-ring (bicyclic) bond motifs is 1. The van der Waals surface area contributed by atoms with E-state index in [1.807, 2.05) is 31.2 Å². The number of hydrogen-bond donors (Lipinski definition) is 14. The number of carbonyl (C=O) groups excluding carboxylic acids is 6. The Morgan fingerprint density at radius 1 is 0.701 bits per heavy atom. The number of aromatic amines is 2. The molecule has 0 radical (unpaired) electrons. The van der Waals surface area contributed by atoms with Gasteiger partial charge in [0.2, 0.25) is 35.4 Å². The number of aliphatic carboxylic acids is 1. The predicted octanol–water partition coefficient (Wildman–Crippen LogP) is 2.88. The van der Waals surface area contributed by atoms with Gasteiger partial charge in [0.05, 0.1) is 12.4 Å². The Morgan fingerprint density at radius 2 is 1.27 bits per heavy atom. The first-order valence-electron chi connectivity index (χ1n) is 26.2. The van der Waals surface area contributed by atoms with Crippen LogP contribution in [0.1, 0.15) is 116 Å². The number of hydrogen-bond acceptors (Lipinski definition) is 13. The van der Waals surface area contributed by atoms with Crippen LogP contribution in [0, 0.1) is 0 Å². The van der Waals surface area contributed by atoms with E-state index < -0.39 is 83.4 Å². The molecule has 424 valence electrons.